The van der Waals surface area contributed by atoms with E-state index in [1.807, 2.05) is 0 Å². The molecule has 0 aliphatic carbocycles. The lowest BCUT2D eigenvalue weighted by Gasteiger charge is -2.16. The number of fused-ring (bicyclic) bond motifs is 1. The molecule has 1 aromatic heterocycles. The maximum absolute atomic E-state index is 11.4. The van der Waals surface area contributed by atoms with Crippen molar-refractivity contribution in [3.8, 4) is 0 Å². The molecule has 86 valence electrons. The Hall–Kier alpha value is -1.70. The summed E-state index contributed by atoms with van der Waals surface area (Å²) in [6, 6.07) is 0. The first-order valence-electron chi connectivity index (χ1n) is 4.45. The van der Waals surface area contributed by atoms with E-state index < -0.39 is 27.2 Å². The zero-order valence-corrected chi connectivity index (χ0v) is 8.87. The molecule has 0 saturated carbocycles. The van der Waals surface area contributed by atoms with E-state index in [-0.39, 0.29) is 23.5 Å². The molecule has 0 spiro atoms. The van der Waals surface area contributed by atoms with Crippen molar-refractivity contribution in [1.29, 1.82) is 0 Å². The summed E-state index contributed by atoms with van der Waals surface area (Å²) in [7, 11) is -3.29. The third-order valence-corrected chi connectivity index (χ3v) is 3.91. The molecule has 0 bridgehead atoms. The molecule has 0 fully saturated rings. The highest BCUT2D eigenvalue weighted by Gasteiger charge is 2.27. The van der Waals surface area contributed by atoms with E-state index >= 15 is 0 Å². The van der Waals surface area contributed by atoms with Crippen molar-refractivity contribution in [3.63, 3.8) is 0 Å². The van der Waals surface area contributed by atoms with Gasteiger partial charge >= 0.3 is 11.7 Å². The van der Waals surface area contributed by atoms with Gasteiger partial charge in [0.05, 0.1) is 11.5 Å². The molecule has 0 unspecified atom stereocenters. The number of sulfone groups is 1. The number of carboxylic acid groups (broad SMARTS) is 1. The smallest absolute Gasteiger partial charge is 0.355 e. The summed E-state index contributed by atoms with van der Waals surface area (Å²) in [5.41, 5.74) is -0.789. The van der Waals surface area contributed by atoms with Crippen LogP contribution in [0.1, 0.15) is 21.7 Å². The maximum atomic E-state index is 11.4. The van der Waals surface area contributed by atoms with Crippen LogP contribution in [-0.4, -0.2) is 35.2 Å². The summed E-state index contributed by atoms with van der Waals surface area (Å²) in [5, 5.41) is 8.83. The van der Waals surface area contributed by atoms with Crippen LogP contribution in [0, 0.1) is 0 Å². The number of aryl methyl sites for hydroxylation is 1. The van der Waals surface area contributed by atoms with Gasteiger partial charge in [0, 0.05) is 17.7 Å². The van der Waals surface area contributed by atoms with Crippen LogP contribution in [0.15, 0.2) is 4.79 Å². The molecule has 2 N–H and O–H groups in total. The molecule has 2 heterocycles. The third kappa shape index (κ3) is 1.83. The van der Waals surface area contributed by atoms with Crippen LogP contribution >= 0.6 is 0 Å². The van der Waals surface area contributed by atoms with Crippen molar-refractivity contribution in [2.24, 2.45) is 0 Å². The summed E-state index contributed by atoms with van der Waals surface area (Å²) in [6.45, 7) is 0. The maximum Gasteiger partial charge on any atom is 0.355 e. The topological polar surface area (TPSA) is 117 Å². The van der Waals surface area contributed by atoms with E-state index in [0.717, 1.165) is 0 Å². The van der Waals surface area contributed by atoms with Crippen LogP contribution < -0.4 is 5.69 Å². The van der Waals surface area contributed by atoms with Gasteiger partial charge in [0.1, 0.15) is 0 Å². The van der Waals surface area contributed by atoms with Crippen molar-refractivity contribution in [3.05, 3.63) is 27.4 Å². The zero-order valence-electron chi connectivity index (χ0n) is 8.06. The molecular weight excluding hydrogens is 236 g/mol. The monoisotopic (exact) mass is 244 g/mol. The fraction of sp³-hybridized carbons (Fsp3) is 0.375. The normalized spacial score (nSPS) is 17.8. The van der Waals surface area contributed by atoms with Crippen molar-refractivity contribution >= 4 is 15.8 Å². The number of aromatic nitrogens is 2. The highest BCUT2D eigenvalue weighted by atomic mass is 32.2. The number of aromatic amines is 1. The van der Waals surface area contributed by atoms with E-state index in [9.17, 15) is 18.0 Å². The lowest BCUT2D eigenvalue weighted by atomic mass is 10.1. The number of nitrogens with zero attached hydrogens (tertiary/aromatic N) is 1. The van der Waals surface area contributed by atoms with Crippen LogP contribution in [0.25, 0.3) is 0 Å². The Balaban J connectivity index is 2.70. The zero-order chi connectivity index (χ0) is 11.9. The predicted octanol–water partition coefficient (Wildman–Crippen LogP) is -1.06. The van der Waals surface area contributed by atoms with Gasteiger partial charge in [0.15, 0.2) is 15.5 Å². The first-order valence-corrected chi connectivity index (χ1v) is 6.27. The van der Waals surface area contributed by atoms with Gasteiger partial charge in [-0.3, -0.25) is 0 Å². The Morgan fingerprint density at radius 2 is 2.12 bits per heavy atom. The minimum atomic E-state index is -3.29. The first-order chi connectivity index (χ1) is 7.39. The van der Waals surface area contributed by atoms with Gasteiger partial charge in [0.25, 0.3) is 0 Å². The third-order valence-electron chi connectivity index (χ3n) is 2.35. The molecule has 1 aromatic rings. The van der Waals surface area contributed by atoms with Gasteiger partial charge in [-0.25, -0.2) is 18.0 Å². The summed E-state index contributed by atoms with van der Waals surface area (Å²) in [4.78, 5) is 27.5. The Morgan fingerprint density at radius 3 is 2.75 bits per heavy atom. The molecule has 2 rings (SSSR count). The lowest BCUT2D eigenvalue weighted by Crippen LogP contribution is -2.28. The highest BCUT2D eigenvalue weighted by molar-refractivity contribution is 7.90. The van der Waals surface area contributed by atoms with Crippen LogP contribution in [0.5, 0.6) is 0 Å². The SMILES string of the molecule is O=C(O)c1nc(=O)[nH]c2c1CS(=O)(=O)CC2. The number of carboxylic acids is 1. The minimum Gasteiger partial charge on any atom is -0.476 e. The fourth-order valence-corrected chi connectivity index (χ4v) is 3.05. The number of rotatable bonds is 1. The minimum absolute atomic E-state index is 0.0843. The summed E-state index contributed by atoms with van der Waals surface area (Å²) in [5.74, 6) is -1.85. The standard InChI is InChI=1S/C8H8N2O5S/c11-7(12)6-4-3-16(14,15)2-1-5(4)9-8(13)10-6/h1-3H2,(H,11,12)(H,9,10,13). The van der Waals surface area contributed by atoms with Crippen LogP contribution in [0.4, 0.5) is 0 Å². The number of hydrogen-bond donors (Lipinski definition) is 2. The Labute approximate surface area is 90.1 Å². The van der Waals surface area contributed by atoms with Gasteiger partial charge in [-0.05, 0) is 0 Å². The second-order valence-corrected chi connectivity index (χ2v) is 5.68. The van der Waals surface area contributed by atoms with E-state index in [1.54, 1.807) is 0 Å². The van der Waals surface area contributed by atoms with Crippen molar-refractivity contribution in [2.45, 2.75) is 12.2 Å². The Bertz CT molecular complexity index is 616. The number of carbonyl (C=O) groups is 1. The average molecular weight is 244 g/mol. The van der Waals surface area contributed by atoms with Gasteiger partial charge in [-0.15, -0.1) is 0 Å². The molecule has 0 saturated heterocycles. The van der Waals surface area contributed by atoms with Gasteiger partial charge in [-0.2, -0.15) is 4.98 Å². The molecule has 0 amide bonds. The van der Waals surface area contributed by atoms with E-state index in [2.05, 4.69) is 9.97 Å². The summed E-state index contributed by atoms with van der Waals surface area (Å²) in [6.07, 6.45) is 0.121. The predicted molar refractivity (Wildman–Crippen MR) is 53.0 cm³/mol. The summed E-state index contributed by atoms with van der Waals surface area (Å²) < 4.78 is 22.7. The fourth-order valence-electron chi connectivity index (χ4n) is 1.64. The second kappa shape index (κ2) is 3.41. The van der Waals surface area contributed by atoms with Crippen LogP contribution in [0.2, 0.25) is 0 Å². The van der Waals surface area contributed by atoms with Crippen LogP contribution in [0.3, 0.4) is 0 Å². The molecule has 0 radical (unpaired) electrons. The molecule has 7 nitrogen and oxygen atoms in total. The van der Waals surface area contributed by atoms with Crippen LogP contribution in [-0.2, 0) is 22.0 Å². The van der Waals surface area contributed by atoms with Gasteiger partial charge < -0.3 is 10.1 Å². The summed E-state index contributed by atoms with van der Waals surface area (Å²) >= 11 is 0. The number of aromatic carboxylic acids is 1. The van der Waals surface area contributed by atoms with E-state index in [4.69, 9.17) is 5.11 Å². The van der Waals surface area contributed by atoms with Gasteiger partial charge in [0.2, 0.25) is 0 Å². The van der Waals surface area contributed by atoms with Crippen molar-refractivity contribution in [1.82, 2.24) is 9.97 Å². The molecular formula is C8H8N2O5S. The Morgan fingerprint density at radius 1 is 1.44 bits per heavy atom. The molecule has 16 heavy (non-hydrogen) atoms. The highest BCUT2D eigenvalue weighted by Crippen LogP contribution is 2.19. The Kier molecular flexibility index (Phi) is 2.30. The second-order valence-electron chi connectivity index (χ2n) is 3.49. The quantitative estimate of drug-likeness (QED) is 0.650. The van der Waals surface area contributed by atoms with E-state index in [1.165, 1.54) is 0 Å². The van der Waals surface area contributed by atoms with Gasteiger partial charge in [-0.1, -0.05) is 0 Å². The number of nitrogens with one attached hydrogen (secondary N) is 1. The molecule has 0 atom stereocenters. The molecule has 1 aliphatic heterocycles. The number of hydrogen-bond acceptors (Lipinski definition) is 5. The van der Waals surface area contributed by atoms with Crippen molar-refractivity contribution < 1.29 is 18.3 Å². The van der Waals surface area contributed by atoms with E-state index in [0.29, 0.717) is 5.69 Å². The van der Waals surface area contributed by atoms with Crippen molar-refractivity contribution in [2.75, 3.05) is 5.75 Å². The largest absolute Gasteiger partial charge is 0.476 e. The molecule has 8 heteroatoms. The molecule has 1 aliphatic rings. The lowest BCUT2D eigenvalue weighted by molar-refractivity contribution is 0.0688. The average Bonchev–Trinajstić information content (AvgIpc) is 2.16. The number of H-pyrrole nitrogens is 1. The molecule has 0 aromatic carbocycles. The first kappa shape index (κ1) is 10.8.